The van der Waals surface area contributed by atoms with Gasteiger partial charge in [-0.25, -0.2) is 9.97 Å². The van der Waals surface area contributed by atoms with E-state index in [0.717, 1.165) is 28.3 Å². The van der Waals surface area contributed by atoms with Crippen molar-refractivity contribution in [2.75, 3.05) is 6.26 Å². The number of benzene rings is 1. The molecule has 0 atom stereocenters. The van der Waals surface area contributed by atoms with Gasteiger partial charge in [-0.2, -0.15) is 0 Å². The summed E-state index contributed by atoms with van der Waals surface area (Å²) in [6.45, 7) is 1.99. The highest BCUT2D eigenvalue weighted by atomic mass is 35.5. The number of rotatable bonds is 3. The number of hydrogen-bond acceptors (Lipinski definition) is 3. The van der Waals surface area contributed by atoms with Crippen molar-refractivity contribution in [3.8, 4) is 0 Å². The summed E-state index contributed by atoms with van der Waals surface area (Å²) in [4.78, 5) is 8.52. The summed E-state index contributed by atoms with van der Waals surface area (Å²) in [5, 5.41) is 2.32. The Morgan fingerprint density at radius 2 is 2.00 bits per heavy atom. The van der Waals surface area contributed by atoms with E-state index < -0.39 is 0 Å². The fraction of sp³-hybridized carbons (Fsp3) is 0.231. The highest BCUT2D eigenvalue weighted by molar-refractivity contribution is 7.98. The summed E-state index contributed by atoms with van der Waals surface area (Å²) in [5.41, 5.74) is 3.14. The van der Waals surface area contributed by atoms with Gasteiger partial charge in [-0.15, -0.1) is 11.8 Å². The van der Waals surface area contributed by atoms with E-state index in [0.29, 0.717) is 10.0 Å². The molecule has 0 unspecified atom stereocenters. The van der Waals surface area contributed by atoms with Gasteiger partial charge in [0.1, 0.15) is 11.4 Å². The third-order valence-corrected chi connectivity index (χ3v) is 4.02. The van der Waals surface area contributed by atoms with Crippen LogP contribution in [-0.4, -0.2) is 16.2 Å². The Morgan fingerprint density at radius 1 is 1.22 bits per heavy atom. The third kappa shape index (κ3) is 2.97. The fourth-order valence-corrected chi connectivity index (χ4v) is 2.81. The topological polar surface area (TPSA) is 25.8 Å². The Morgan fingerprint density at radius 3 is 2.67 bits per heavy atom. The Balaban J connectivity index is 2.39. The van der Waals surface area contributed by atoms with Crippen LogP contribution in [0.2, 0.25) is 10.0 Å². The van der Waals surface area contributed by atoms with E-state index in [2.05, 4.69) is 9.97 Å². The summed E-state index contributed by atoms with van der Waals surface area (Å²) in [7, 11) is 0. The van der Waals surface area contributed by atoms with Crippen LogP contribution in [0.3, 0.4) is 0 Å². The summed E-state index contributed by atoms with van der Waals surface area (Å²) >= 11 is 13.7. The molecule has 0 amide bonds. The van der Waals surface area contributed by atoms with Crippen LogP contribution in [0.4, 0.5) is 0 Å². The third-order valence-electron chi connectivity index (χ3n) is 2.70. The van der Waals surface area contributed by atoms with Gasteiger partial charge in [0.15, 0.2) is 0 Å². The first-order valence-corrected chi connectivity index (χ1v) is 7.38. The predicted octanol–water partition coefficient (Wildman–Crippen LogP) is 4.40. The van der Waals surface area contributed by atoms with Crippen LogP contribution in [-0.2, 0) is 6.42 Å². The Hall–Kier alpha value is -0.770. The Bertz CT molecular complexity index is 573. The molecule has 2 aromatic rings. The van der Waals surface area contributed by atoms with Crippen molar-refractivity contribution in [2.24, 2.45) is 0 Å². The lowest BCUT2D eigenvalue weighted by Gasteiger charge is -2.10. The van der Waals surface area contributed by atoms with E-state index in [4.69, 9.17) is 23.2 Å². The van der Waals surface area contributed by atoms with Crippen LogP contribution < -0.4 is 0 Å². The summed E-state index contributed by atoms with van der Waals surface area (Å²) in [5.74, 6) is 0. The molecule has 0 fully saturated rings. The maximum absolute atomic E-state index is 6.20. The van der Waals surface area contributed by atoms with E-state index in [1.807, 2.05) is 25.3 Å². The van der Waals surface area contributed by atoms with E-state index in [9.17, 15) is 0 Å². The van der Waals surface area contributed by atoms with Gasteiger partial charge in [0.2, 0.25) is 0 Å². The standard InChI is InChI=1S/C13H12Cl2N2S/c1-8-11(13(18-2)17-7-16-8)5-9-3-4-10(14)6-12(9)15/h3-4,6-7H,5H2,1-2H3. The van der Waals surface area contributed by atoms with Crippen LogP contribution >= 0.6 is 35.0 Å². The highest BCUT2D eigenvalue weighted by Crippen LogP contribution is 2.27. The van der Waals surface area contributed by atoms with Crippen molar-refractivity contribution in [3.63, 3.8) is 0 Å². The van der Waals surface area contributed by atoms with Crippen LogP contribution in [0.5, 0.6) is 0 Å². The average Bonchev–Trinajstić information content (AvgIpc) is 2.34. The molecule has 1 aromatic heterocycles. The minimum absolute atomic E-state index is 0.648. The molecule has 0 bridgehead atoms. The number of thioether (sulfide) groups is 1. The fourth-order valence-electron chi connectivity index (χ4n) is 1.71. The highest BCUT2D eigenvalue weighted by Gasteiger charge is 2.10. The SMILES string of the molecule is CSc1ncnc(C)c1Cc1ccc(Cl)cc1Cl. The average molecular weight is 299 g/mol. The lowest BCUT2D eigenvalue weighted by Crippen LogP contribution is -2.00. The van der Waals surface area contributed by atoms with Gasteiger partial charge < -0.3 is 0 Å². The first-order valence-electron chi connectivity index (χ1n) is 5.40. The normalized spacial score (nSPS) is 10.7. The Labute approximate surface area is 121 Å². The van der Waals surface area contributed by atoms with E-state index in [-0.39, 0.29) is 0 Å². The summed E-state index contributed by atoms with van der Waals surface area (Å²) in [6, 6.07) is 5.55. The molecular formula is C13H12Cl2N2S. The molecule has 18 heavy (non-hydrogen) atoms. The minimum Gasteiger partial charge on any atom is -0.241 e. The molecule has 1 aromatic carbocycles. The van der Waals surface area contributed by atoms with Gasteiger partial charge in [-0.05, 0) is 30.9 Å². The first-order chi connectivity index (χ1) is 8.61. The van der Waals surface area contributed by atoms with Crippen LogP contribution in [0.1, 0.15) is 16.8 Å². The van der Waals surface area contributed by atoms with Gasteiger partial charge in [-0.3, -0.25) is 0 Å². The molecule has 0 saturated carbocycles. The molecule has 0 aliphatic heterocycles. The summed E-state index contributed by atoms with van der Waals surface area (Å²) < 4.78 is 0. The molecule has 0 N–H and O–H groups in total. The van der Waals surface area contributed by atoms with Crippen molar-refractivity contribution < 1.29 is 0 Å². The number of aromatic nitrogens is 2. The Kier molecular flexibility index (Phi) is 4.49. The van der Waals surface area contributed by atoms with Gasteiger partial charge in [0.05, 0.1) is 0 Å². The molecule has 0 radical (unpaired) electrons. The predicted molar refractivity (Wildman–Crippen MR) is 77.8 cm³/mol. The van der Waals surface area contributed by atoms with E-state index >= 15 is 0 Å². The van der Waals surface area contributed by atoms with Crippen molar-refractivity contribution in [2.45, 2.75) is 18.4 Å². The van der Waals surface area contributed by atoms with Gasteiger partial charge in [0.25, 0.3) is 0 Å². The molecule has 0 spiro atoms. The summed E-state index contributed by atoms with van der Waals surface area (Å²) in [6.07, 6.45) is 4.32. The smallest absolute Gasteiger partial charge is 0.116 e. The quantitative estimate of drug-likeness (QED) is 0.620. The molecule has 1 heterocycles. The van der Waals surface area contributed by atoms with Gasteiger partial charge >= 0.3 is 0 Å². The maximum atomic E-state index is 6.20. The minimum atomic E-state index is 0.648. The molecule has 0 saturated heterocycles. The van der Waals surface area contributed by atoms with Crippen molar-refractivity contribution in [1.82, 2.24) is 9.97 Å². The second-order valence-electron chi connectivity index (χ2n) is 3.86. The van der Waals surface area contributed by atoms with Crippen molar-refractivity contribution in [3.05, 3.63) is 51.4 Å². The second-order valence-corrected chi connectivity index (χ2v) is 5.50. The largest absolute Gasteiger partial charge is 0.241 e. The first kappa shape index (κ1) is 13.7. The molecule has 0 aliphatic carbocycles. The van der Waals surface area contributed by atoms with Crippen molar-refractivity contribution in [1.29, 1.82) is 0 Å². The zero-order valence-corrected chi connectivity index (χ0v) is 12.4. The number of hydrogen-bond donors (Lipinski definition) is 0. The molecular weight excluding hydrogens is 287 g/mol. The second kappa shape index (κ2) is 5.91. The molecule has 0 aliphatic rings. The molecule has 2 nitrogen and oxygen atoms in total. The van der Waals surface area contributed by atoms with E-state index in [1.54, 1.807) is 24.2 Å². The van der Waals surface area contributed by atoms with Crippen LogP contribution in [0.15, 0.2) is 29.6 Å². The number of aryl methyl sites for hydroxylation is 1. The number of nitrogens with zero attached hydrogens (tertiary/aromatic N) is 2. The zero-order chi connectivity index (χ0) is 13.1. The van der Waals surface area contributed by atoms with Crippen LogP contribution in [0, 0.1) is 6.92 Å². The molecule has 2 rings (SSSR count). The molecule has 5 heteroatoms. The van der Waals surface area contributed by atoms with Crippen LogP contribution in [0.25, 0.3) is 0 Å². The number of halogens is 2. The zero-order valence-electron chi connectivity index (χ0n) is 10.1. The molecule has 94 valence electrons. The van der Waals surface area contributed by atoms with Gasteiger partial charge in [-0.1, -0.05) is 29.3 Å². The lowest BCUT2D eigenvalue weighted by atomic mass is 10.1. The monoisotopic (exact) mass is 298 g/mol. The van der Waals surface area contributed by atoms with Gasteiger partial charge in [0, 0.05) is 27.7 Å². The van der Waals surface area contributed by atoms with Crippen molar-refractivity contribution >= 4 is 35.0 Å². The van der Waals surface area contributed by atoms with E-state index in [1.165, 1.54) is 0 Å². The maximum Gasteiger partial charge on any atom is 0.116 e. The lowest BCUT2D eigenvalue weighted by molar-refractivity contribution is 0.926.